The fourth-order valence-corrected chi connectivity index (χ4v) is 3.01. The lowest BCUT2D eigenvalue weighted by molar-refractivity contribution is -0.124. The van der Waals surface area contributed by atoms with E-state index in [1.807, 2.05) is 31.2 Å². The number of piperazine rings is 1. The second kappa shape index (κ2) is 6.65. The van der Waals surface area contributed by atoms with Crippen LogP contribution in [0.1, 0.15) is 22.8 Å². The molecule has 1 aliphatic heterocycles. The van der Waals surface area contributed by atoms with Crippen molar-refractivity contribution in [3.8, 4) is 0 Å². The third-order valence-corrected chi connectivity index (χ3v) is 4.61. The summed E-state index contributed by atoms with van der Waals surface area (Å²) in [6, 6.07) is 14.1. The molecule has 1 saturated heterocycles. The number of anilines is 1. The van der Waals surface area contributed by atoms with Crippen molar-refractivity contribution in [2.75, 3.05) is 18.0 Å². The number of hydrogen-bond acceptors (Lipinski definition) is 2. The number of hydrogen-bond donors (Lipinski definition) is 0. The number of carbonyl (C=O) groups excluding carboxylic acids is 2. The van der Waals surface area contributed by atoms with E-state index in [0.29, 0.717) is 23.7 Å². The van der Waals surface area contributed by atoms with E-state index in [9.17, 15) is 9.59 Å². The highest BCUT2D eigenvalue weighted by atomic mass is 35.5. The van der Waals surface area contributed by atoms with Crippen LogP contribution >= 0.6 is 11.6 Å². The summed E-state index contributed by atoms with van der Waals surface area (Å²) in [7, 11) is 0. The van der Waals surface area contributed by atoms with Crippen LogP contribution in [0.3, 0.4) is 0 Å². The van der Waals surface area contributed by atoms with Gasteiger partial charge >= 0.3 is 0 Å². The minimum Gasteiger partial charge on any atom is -0.325 e. The minimum atomic E-state index is -0.497. The third kappa shape index (κ3) is 3.15. The molecule has 3 rings (SSSR count). The van der Waals surface area contributed by atoms with Gasteiger partial charge in [-0.25, -0.2) is 0 Å². The zero-order valence-electron chi connectivity index (χ0n) is 13.7. The van der Waals surface area contributed by atoms with E-state index >= 15 is 0 Å². The lowest BCUT2D eigenvalue weighted by Gasteiger charge is -2.39. The van der Waals surface area contributed by atoms with Gasteiger partial charge in [0.05, 0.1) is 0 Å². The van der Waals surface area contributed by atoms with E-state index in [-0.39, 0.29) is 11.8 Å². The Morgan fingerprint density at radius 2 is 1.67 bits per heavy atom. The van der Waals surface area contributed by atoms with E-state index in [1.165, 1.54) is 0 Å². The molecule has 0 aliphatic carbocycles. The van der Waals surface area contributed by atoms with Crippen LogP contribution in [-0.2, 0) is 4.79 Å². The highest BCUT2D eigenvalue weighted by Gasteiger charge is 2.35. The van der Waals surface area contributed by atoms with Crippen LogP contribution in [-0.4, -0.2) is 35.8 Å². The highest BCUT2D eigenvalue weighted by molar-refractivity contribution is 6.30. The molecule has 1 heterocycles. The minimum absolute atomic E-state index is 0.0796. The summed E-state index contributed by atoms with van der Waals surface area (Å²) >= 11 is 5.90. The zero-order valence-corrected chi connectivity index (χ0v) is 14.5. The van der Waals surface area contributed by atoms with Crippen LogP contribution in [0.2, 0.25) is 5.02 Å². The Balaban J connectivity index is 1.78. The van der Waals surface area contributed by atoms with Gasteiger partial charge in [0, 0.05) is 29.4 Å². The van der Waals surface area contributed by atoms with Crippen LogP contribution < -0.4 is 4.90 Å². The topological polar surface area (TPSA) is 40.6 Å². The lowest BCUT2D eigenvalue weighted by atomic mass is 10.1. The molecule has 1 atom stereocenters. The summed E-state index contributed by atoms with van der Waals surface area (Å²) in [6.45, 7) is 4.73. The van der Waals surface area contributed by atoms with Gasteiger partial charge < -0.3 is 9.80 Å². The van der Waals surface area contributed by atoms with Crippen LogP contribution in [0, 0.1) is 6.92 Å². The molecule has 2 amide bonds. The molecule has 24 heavy (non-hydrogen) atoms. The summed E-state index contributed by atoms with van der Waals surface area (Å²) < 4.78 is 0. The Bertz CT molecular complexity index is 756. The van der Waals surface area contributed by atoms with Crippen molar-refractivity contribution in [2.24, 2.45) is 0 Å². The molecule has 0 spiro atoms. The second-order valence-corrected chi connectivity index (χ2v) is 6.44. The highest BCUT2D eigenvalue weighted by Crippen LogP contribution is 2.23. The number of amides is 2. The average molecular weight is 343 g/mol. The van der Waals surface area contributed by atoms with Gasteiger partial charge in [-0.2, -0.15) is 0 Å². The van der Waals surface area contributed by atoms with Crippen LogP contribution in [0.15, 0.2) is 48.5 Å². The van der Waals surface area contributed by atoms with Gasteiger partial charge in [-0.05, 0) is 50.2 Å². The average Bonchev–Trinajstić information content (AvgIpc) is 2.58. The maximum absolute atomic E-state index is 12.7. The van der Waals surface area contributed by atoms with E-state index in [2.05, 4.69) is 0 Å². The monoisotopic (exact) mass is 342 g/mol. The lowest BCUT2D eigenvalue weighted by Crippen LogP contribution is -2.57. The van der Waals surface area contributed by atoms with Crippen molar-refractivity contribution in [1.82, 2.24) is 4.90 Å². The number of aryl methyl sites for hydroxylation is 1. The quantitative estimate of drug-likeness (QED) is 0.837. The molecule has 0 radical (unpaired) electrons. The van der Waals surface area contributed by atoms with Crippen LogP contribution in [0.4, 0.5) is 5.69 Å². The summed E-state index contributed by atoms with van der Waals surface area (Å²) in [6.07, 6.45) is 0. The first-order chi connectivity index (χ1) is 11.5. The van der Waals surface area contributed by atoms with E-state index in [1.54, 1.807) is 41.0 Å². The Morgan fingerprint density at radius 3 is 2.29 bits per heavy atom. The van der Waals surface area contributed by atoms with Gasteiger partial charge in [0.2, 0.25) is 5.91 Å². The Hall–Kier alpha value is -2.33. The molecule has 1 aliphatic rings. The van der Waals surface area contributed by atoms with E-state index in [0.717, 1.165) is 11.3 Å². The number of halogens is 1. The Morgan fingerprint density at radius 1 is 1.04 bits per heavy atom. The molecule has 1 unspecified atom stereocenters. The summed E-state index contributed by atoms with van der Waals surface area (Å²) in [4.78, 5) is 28.7. The van der Waals surface area contributed by atoms with Gasteiger partial charge in [0.15, 0.2) is 0 Å². The maximum Gasteiger partial charge on any atom is 0.254 e. The van der Waals surface area contributed by atoms with Gasteiger partial charge in [0.25, 0.3) is 5.91 Å². The van der Waals surface area contributed by atoms with Gasteiger partial charge in [-0.3, -0.25) is 9.59 Å². The first kappa shape index (κ1) is 16.5. The van der Waals surface area contributed by atoms with Crippen molar-refractivity contribution < 1.29 is 9.59 Å². The van der Waals surface area contributed by atoms with Crippen molar-refractivity contribution >= 4 is 29.1 Å². The molecule has 2 aromatic carbocycles. The second-order valence-electron chi connectivity index (χ2n) is 6.01. The maximum atomic E-state index is 12.7. The fraction of sp³-hybridized carbons (Fsp3) is 0.263. The van der Waals surface area contributed by atoms with Gasteiger partial charge in [-0.1, -0.05) is 29.3 Å². The molecule has 0 N–H and O–H groups in total. The van der Waals surface area contributed by atoms with Crippen molar-refractivity contribution in [2.45, 2.75) is 19.9 Å². The molecule has 5 heteroatoms. The predicted octanol–water partition coefficient (Wildman–Crippen LogP) is 3.53. The summed E-state index contributed by atoms with van der Waals surface area (Å²) in [5.41, 5.74) is 2.52. The molecule has 0 aromatic heterocycles. The predicted molar refractivity (Wildman–Crippen MR) is 95.5 cm³/mol. The number of nitrogens with zero attached hydrogens (tertiary/aromatic N) is 2. The normalized spacial score (nSPS) is 18.0. The van der Waals surface area contributed by atoms with Crippen molar-refractivity contribution in [3.63, 3.8) is 0 Å². The summed E-state index contributed by atoms with van der Waals surface area (Å²) in [5, 5.41) is 0.632. The molecular weight excluding hydrogens is 324 g/mol. The standard InChI is InChI=1S/C19H19ClN2O2/c1-13-3-5-15(6-4-13)19(24)21-11-12-22(18(23)14(21)2)17-9-7-16(20)8-10-17/h3-10,14H,11-12H2,1-2H3. The number of benzene rings is 2. The molecule has 0 saturated carbocycles. The fourth-order valence-electron chi connectivity index (χ4n) is 2.89. The zero-order chi connectivity index (χ0) is 17.3. The molecule has 1 fully saturated rings. The van der Waals surface area contributed by atoms with Crippen molar-refractivity contribution in [1.29, 1.82) is 0 Å². The van der Waals surface area contributed by atoms with E-state index < -0.39 is 6.04 Å². The van der Waals surface area contributed by atoms with Crippen LogP contribution in [0.25, 0.3) is 0 Å². The number of carbonyl (C=O) groups is 2. The van der Waals surface area contributed by atoms with Crippen LogP contribution in [0.5, 0.6) is 0 Å². The van der Waals surface area contributed by atoms with Crippen molar-refractivity contribution in [3.05, 3.63) is 64.7 Å². The Labute approximate surface area is 146 Å². The van der Waals surface area contributed by atoms with Gasteiger partial charge in [0.1, 0.15) is 6.04 Å². The van der Waals surface area contributed by atoms with Gasteiger partial charge in [-0.15, -0.1) is 0 Å². The SMILES string of the molecule is Cc1ccc(C(=O)N2CCN(c3ccc(Cl)cc3)C(=O)C2C)cc1. The number of rotatable bonds is 2. The first-order valence-electron chi connectivity index (χ1n) is 7.92. The summed E-state index contributed by atoms with van der Waals surface area (Å²) in [5.74, 6) is -0.185. The molecule has 0 bridgehead atoms. The largest absolute Gasteiger partial charge is 0.325 e. The molecular formula is C19H19ClN2O2. The molecule has 124 valence electrons. The Kier molecular flexibility index (Phi) is 4.58. The van der Waals surface area contributed by atoms with E-state index in [4.69, 9.17) is 11.6 Å². The smallest absolute Gasteiger partial charge is 0.254 e. The molecule has 4 nitrogen and oxygen atoms in total. The first-order valence-corrected chi connectivity index (χ1v) is 8.30. The third-order valence-electron chi connectivity index (χ3n) is 4.35. The molecule has 2 aromatic rings.